The Balaban J connectivity index is 1.57. The smallest absolute Gasteiger partial charge is 0.125 e. The van der Waals surface area contributed by atoms with E-state index in [0.717, 1.165) is 55.6 Å². The predicted molar refractivity (Wildman–Crippen MR) is 93.8 cm³/mol. The van der Waals surface area contributed by atoms with E-state index in [2.05, 4.69) is 29.2 Å². The van der Waals surface area contributed by atoms with Crippen molar-refractivity contribution < 1.29 is 9.90 Å². The molecule has 1 fully saturated rings. The molecule has 1 aromatic carbocycles. The van der Waals surface area contributed by atoms with Crippen LogP contribution in [0.2, 0.25) is 0 Å². The number of benzene rings is 1. The third-order valence-electron chi connectivity index (χ3n) is 4.76. The summed E-state index contributed by atoms with van der Waals surface area (Å²) in [6, 6.07) is 12.5. The number of aliphatic hydroxyl groups is 1. The molecule has 0 atom stereocenters. The molecular weight excluding hydrogens is 306 g/mol. The molecule has 0 spiro atoms. The van der Waals surface area contributed by atoms with Gasteiger partial charge in [-0.05, 0) is 41.8 Å². The van der Waals surface area contributed by atoms with Gasteiger partial charge in [0, 0.05) is 30.9 Å². The summed E-state index contributed by atoms with van der Waals surface area (Å²) >= 11 is 1.57. The van der Waals surface area contributed by atoms with Crippen LogP contribution in [0, 0.1) is 0 Å². The lowest BCUT2D eigenvalue weighted by Gasteiger charge is -2.38. The summed E-state index contributed by atoms with van der Waals surface area (Å²) < 4.78 is 0. The summed E-state index contributed by atoms with van der Waals surface area (Å²) in [5, 5.41) is 13.0. The van der Waals surface area contributed by atoms with Crippen molar-refractivity contribution in [1.82, 2.24) is 4.90 Å². The Hall–Kier alpha value is -1.49. The van der Waals surface area contributed by atoms with Crippen LogP contribution in [0.3, 0.4) is 0 Å². The molecule has 4 heteroatoms. The Morgan fingerprint density at radius 2 is 1.91 bits per heavy atom. The molecule has 122 valence electrons. The maximum Gasteiger partial charge on any atom is 0.125 e. The zero-order valence-electron chi connectivity index (χ0n) is 13.3. The van der Waals surface area contributed by atoms with Crippen LogP contribution >= 0.6 is 11.3 Å². The third kappa shape index (κ3) is 3.89. The summed E-state index contributed by atoms with van der Waals surface area (Å²) in [6.07, 6.45) is 3.86. The molecular formula is C19H23NO2S. The van der Waals surface area contributed by atoms with Crippen LogP contribution in [0.5, 0.6) is 0 Å². The Morgan fingerprint density at radius 1 is 1.17 bits per heavy atom. The summed E-state index contributed by atoms with van der Waals surface area (Å²) in [6.45, 7) is 2.84. The Bertz CT molecular complexity index is 630. The Labute approximate surface area is 141 Å². The molecule has 2 aromatic rings. The van der Waals surface area contributed by atoms with Gasteiger partial charge in [-0.25, -0.2) is 0 Å². The highest BCUT2D eigenvalue weighted by atomic mass is 32.1. The number of carbonyl (C=O) groups excluding carboxylic acids is 1. The first-order valence-corrected chi connectivity index (χ1v) is 9.08. The average molecular weight is 329 g/mol. The van der Waals surface area contributed by atoms with Gasteiger partial charge in [0.1, 0.15) is 6.29 Å². The molecule has 2 heterocycles. The van der Waals surface area contributed by atoms with Crippen LogP contribution in [-0.2, 0) is 23.2 Å². The first kappa shape index (κ1) is 16.4. The van der Waals surface area contributed by atoms with Gasteiger partial charge in [0.05, 0.1) is 5.60 Å². The molecule has 0 aliphatic carbocycles. The molecule has 1 N–H and O–H groups in total. The molecule has 23 heavy (non-hydrogen) atoms. The van der Waals surface area contributed by atoms with E-state index < -0.39 is 5.60 Å². The standard InChI is InChI=1S/C19H23NO2S/c21-14-7-18-17(8-15-23-18)19(22)9-12-20(13-10-19)11-6-16-4-2-1-3-5-16/h1-5,8,14-15,22H,6-7,9-13H2. The highest BCUT2D eigenvalue weighted by molar-refractivity contribution is 7.10. The van der Waals surface area contributed by atoms with Crippen molar-refractivity contribution in [3.63, 3.8) is 0 Å². The van der Waals surface area contributed by atoms with Gasteiger partial charge in [0.2, 0.25) is 0 Å². The summed E-state index contributed by atoms with van der Waals surface area (Å²) in [5.41, 5.74) is 1.57. The topological polar surface area (TPSA) is 40.5 Å². The molecule has 0 amide bonds. The number of hydrogen-bond donors (Lipinski definition) is 1. The number of thiophene rings is 1. The largest absolute Gasteiger partial charge is 0.385 e. The highest BCUT2D eigenvalue weighted by Gasteiger charge is 2.35. The van der Waals surface area contributed by atoms with Crippen LogP contribution in [0.4, 0.5) is 0 Å². The molecule has 0 bridgehead atoms. The quantitative estimate of drug-likeness (QED) is 0.828. The van der Waals surface area contributed by atoms with E-state index in [9.17, 15) is 9.90 Å². The second-order valence-electron chi connectivity index (χ2n) is 6.24. The molecule has 1 aliphatic heterocycles. The molecule has 1 aliphatic rings. The maximum atomic E-state index is 11.0. The van der Waals surface area contributed by atoms with Crippen molar-refractivity contribution in [3.8, 4) is 0 Å². The van der Waals surface area contributed by atoms with Crippen LogP contribution in [0.1, 0.15) is 28.8 Å². The van der Waals surface area contributed by atoms with E-state index in [1.165, 1.54) is 5.56 Å². The minimum Gasteiger partial charge on any atom is -0.385 e. The number of aldehydes is 1. The van der Waals surface area contributed by atoms with Crippen molar-refractivity contribution in [3.05, 3.63) is 57.8 Å². The first-order chi connectivity index (χ1) is 11.2. The fraction of sp³-hybridized carbons (Fsp3) is 0.421. The normalized spacial score (nSPS) is 18.0. The molecule has 3 rings (SSSR count). The molecule has 1 aromatic heterocycles. The van der Waals surface area contributed by atoms with Crippen molar-refractivity contribution in [2.75, 3.05) is 19.6 Å². The van der Waals surface area contributed by atoms with E-state index in [1.807, 2.05) is 17.5 Å². The summed E-state index contributed by atoms with van der Waals surface area (Å²) in [7, 11) is 0. The number of rotatable bonds is 6. The lowest BCUT2D eigenvalue weighted by Crippen LogP contribution is -2.43. The number of hydrogen-bond acceptors (Lipinski definition) is 4. The predicted octanol–water partition coefficient (Wildman–Crippen LogP) is 3.02. The molecule has 3 nitrogen and oxygen atoms in total. The van der Waals surface area contributed by atoms with Gasteiger partial charge in [-0.2, -0.15) is 0 Å². The van der Waals surface area contributed by atoms with Crippen molar-refractivity contribution in [1.29, 1.82) is 0 Å². The van der Waals surface area contributed by atoms with Gasteiger partial charge in [0.25, 0.3) is 0 Å². The van der Waals surface area contributed by atoms with Crippen LogP contribution in [0.25, 0.3) is 0 Å². The van der Waals surface area contributed by atoms with E-state index in [0.29, 0.717) is 6.42 Å². The lowest BCUT2D eigenvalue weighted by molar-refractivity contribution is -0.107. The lowest BCUT2D eigenvalue weighted by atomic mass is 9.84. The van der Waals surface area contributed by atoms with Crippen molar-refractivity contribution in [2.24, 2.45) is 0 Å². The summed E-state index contributed by atoms with van der Waals surface area (Å²) in [5.74, 6) is 0. The highest BCUT2D eigenvalue weighted by Crippen LogP contribution is 2.37. The Morgan fingerprint density at radius 3 is 2.61 bits per heavy atom. The van der Waals surface area contributed by atoms with Crippen LogP contribution in [-0.4, -0.2) is 35.9 Å². The summed E-state index contributed by atoms with van der Waals surface area (Å²) in [4.78, 5) is 14.2. The van der Waals surface area contributed by atoms with Gasteiger partial charge in [-0.1, -0.05) is 30.3 Å². The van der Waals surface area contributed by atoms with Crippen molar-refractivity contribution in [2.45, 2.75) is 31.3 Å². The third-order valence-corrected chi connectivity index (χ3v) is 5.70. The molecule has 0 radical (unpaired) electrons. The first-order valence-electron chi connectivity index (χ1n) is 8.20. The second kappa shape index (κ2) is 7.39. The Kier molecular flexibility index (Phi) is 5.26. The fourth-order valence-corrected chi connectivity index (χ4v) is 4.25. The van der Waals surface area contributed by atoms with Gasteiger partial charge in [-0.15, -0.1) is 11.3 Å². The zero-order valence-corrected chi connectivity index (χ0v) is 14.1. The minimum atomic E-state index is -0.762. The van der Waals surface area contributed by atoms with E-state index in [-0.39, 0.29) is 0 Å². The number of likely N-dealkylation sites (tertiary alicyclic amines) is 1. The van der Waals surface area contributed by atoms with Crippen molar-refractivity contribution >= 4 is 17.6 Å². The van der Waals surface area contributed by atoms with Crippen LogP contribution in [0.15, 0.2) is 41.8 Å². The molecule has 0 unspecified atom stereocenters. The second-order valence-corrected chi connectivity index (χ2v) is 7.24. The minimum absolute atomic E-state index is 0.410. The monoisotopic (exact) mass is 329 g/mol. The van der Waals surface area contributed by atoms with E-state index >= 15 is 0 Å². The zero-order chi connectivity index (χ0) is 16.1. The number of carbonyl (C=O) groups is 1. The van der Waals surface area contributed by atoms with Crippen LogP contribution < -0.4 is 0 Å². The van der Waals surface area contributed by atoms with E-state index in [4.69, 9.17) is 0 Å². The van der Waals surface area contributed by atoms with Gasteiger partial charge in [0.15, 0.2) is 0 Å². The maximum absolute atomic E-state index is 11.0. The number of piperidine rings is 1. The van der Waals surface area contributed by atoms with Gasteiger partial charge in [-0.3, -0.25) is 0 Å². The molecule has 1 saturated heterocycles. The molecule has 0 saturated carbocycles. The van der Waals surface area contributed by atoms with Gasteiger partial charge < -0.3 is 14.8 Å². The fourth-order valence-electron chi connectivity index (χ4n) is 3.34. The van der Waals surface area contributed by atoms with Gasteiger partial charge >= 0.3 is 0 Å². The SMILES string of the molecule is O=CCc1sccc1C1(O)CCN(CCc2ccccc2)CC1. The average Bonchev–Trinajstić information content (AvgIpc) is 3.05. The number of nitrogens with zero attached hydrogens (tertiary/aromatic N) is 1. The van der Waals surface area contributed by atoms with E-state index in [1.54, 1.807) is 11.3 Å².